The highest BCUT2D eigenvalue weighted by atomic mass is 35.5. The maximum Gasteiger partial charge on any atom is 0.278 e. The number of carbonyl (C=O) groups is 2. The van der Waals surface area contributed by atoms with Crippen molar-refractivity contribution >= 4 is 34.7 Å². The van der Waals surface area contributed by atoms with Crippen LogP contribution in [0.3, 0.4) is 0 Å². The molecule has 1 aliphatic rings. The number of amides is 2. The van der Waals surface area contributed by atoms with E-state index >= 15 is 0 Å². The third kappa shape index (κ3) is 4.06. The zero-order valence-electron chi connectivity index (χ0n) is 18.6. The van der Waals surface area contributed by atoms with Crippen molar-refractivity contribution in [2.75, 3.05) is 5.32 Å². The molecule has 0 fully saturated rings. The highest BCUT2D eigenvalue weighted by Crippen LogP contribution is 2.33. The lowest BCUT2D eigenvalue weighted by Crippen LogP contribution is -2.32. The summed E-state index contributed by atoms with van der Waals surface area (Å²) < 4.78 is 0. The molecule has 4 nitrogen and oxygen atoms in total. The Bertz CT molecular complexity index is 1280. The van der Waals surface area contributed by atoms with Crippen molar-refractivity contribution < 1.29 is 9.59 Å². The molecule has 0 aliphatic carbocycles. The second-order valence-corrected chi connectivity index (χ2v) is 8.67. The fourth-order valence-electron chi connectivity index (χ4n) is 3.76. The second-order valence-electron chi connectivity index (χ2n) is 8.26. The molecule has 1 N–H and O–H groups in total. The first-order chi connectivity index (χ1) is 15.3. The van der Waals surface area contributed by atoms with E-state index in [-0.39, 0.29) is 24.1 Å². The lowest BCUT2D eigenvalue weighted by Gasteiger charge is -2.16. The van der Waals surface area contributed by atoms with Crippen LogP contribution in [-0.4, -0.2) is 16.7 Å². The molecule has 1 heterocycles. The van der Waals surface area contributed by atoms with Gasteiger partial charge in [0.1, 0.15) is 5.70 Å². The van der Waals surface area contributed by atoms with Crippen molar-refractivity contribution in [1.29, 1.82) is 0 Å². The van der Waals surface area contributed by atoms with E-state index in [1.807, 2.05) is 82.3 Å². The third-order valence-electron chi connectivity index (χ3n) is 6.03. The van der Waals surface area contributed by atoms with Crippen molar-refractivity contribution in [2.24, 2.45) is 0 Å². The Morgan fingerprint density at radius 2 is 1.44 bits per heavy atom. The quantitative estimate of drug-likeness (QED) is 0.493. The summed E-state index contributed by atoms with van der Waals surface area (Å²) in [7, 11) is 0. The summed E-state index contributed by atoms with van der Waals surface area (Å²) in [5.41, 5.74) is 7.33. The Labute approximate surface area is 193 Å². The molecule has 0 bridgehead atoms. The van der Waals surface area contributed by atoms with Gasteiger partial charge in [0.2, 0.25) is 0 Å². The zero-order valence-corrected chi connectivity index (χ0v) is 19.4. The Hall–Kier alpha value is -3.37. The lowest BCUT2D eigenvalue weighted by molar-refractivity contribution is -0.137. The maximum absolute atomic E-state index is 13.5. The van der Waals surface area contributed by atoms with E-state index in [1.165, 1.54) is 4.90 Å². The van der Waals surface area contributed by atoms with Crippen LogP contribution >= 0.6 is 11.6 Å². The fourth-order valence-corrected chi connectivity index (χ4v) is 3.96. The van der Waals surface area contributed by atoms with E-state index in [0.29, 0.717) is 10.6 Å². The van der Waals surface area contributed by atoms with Gasteiger partial charge in [-0.3, -0.25) is 14.5 Å². The highest BCUT2D eigenvalue weighted by molar-refractivity contribution is 6.36. The second kappa shape index (κ2) is 8.64. The van der Waals surface area contributed by atoms with Crippen LogP contribution in [0.15, 0.2) is 66.4 Å². The molecule has 4 rings (SSSR count). The largest absolute Gasteiger partial charge is 0.350 e. The van der Waals surface area contributed by atoms with Crippen LogP contribution in [0.2, 0.25) is 5.02 Å². The van der Waals surface area contributed by atoms with E-state index in [1.54, 1.807) is 6.07 Å². The average Bonchev–Trinajstić information content (AvgIpc) is 2.98. The Kier molecular flexibility index (Phi) is 5.90. The van der Waals surface area contributed by atoms with E-state index < -0.39 is 0 Å². The van der Waals surface area contributed by atoms with E-state index in [9.17, 15) is 9.59 Å². The van der Waals surface area contributed by atoms with Gasteiger partial charge >= 0.3 is 0 Å². The Balaban J connectivity index is 1.79. The van der Waals surface area contributed by atoms with E-state index in [2.05, 4.69) is 5.32 Å². The molecule has 2 amide bonds. The van der Waals surface area contributed by atoms with Gasteiger partial charge in [-0.05, 0) is 79.3 Å². The first-order valence-corrected chi connectivity index (χ1v) is 10.9. The van der Waals surface area contributed by atoms with Crippen LogP contribution < -0.4 is 5.32 Å². The molecule has 0 saturated heterocycles. The monoisotopic (exact) mass is 444 g/mol. The highest BCUT2D eigenvalue weighted by Gasteiger charge is 2.39. The third-order valence-corrected chi connectivity index (χ3v) is 6.39. The molecule has 3 aromatic carbocycles. The predicted molar refractivity (Wildman–Crippen MR) is 129 cm³/mol. The standard InChI is InChI=1S/C27H25ClN2O2/c1-16-9-11-20(13-18(16)3)24-25(29-22-12-10-17(2)19(4)14-22)27(32)30(26(24)31)15-21-7-5-6-8-23(21)28/h5-14,29H,15H2,1-4H3. The molecule has 162 valence electrons. The summed E-state index contributed by atoms with van der Waals surface area (Å²) in [6.45, 7) is 8.19. The number of halogens is 1. The van der Waals surface area contributed by atoms with Gasteiger partial charge in [-0.2, -0.15) is 0 Å². The summed E-state index contributed by atoms with van der Waals surface area (Å²) in [5, 5.41) is 3.76. The SMILES string of the molecule is Cc1ccc(NC2=C(c3ccc(C)c(C)c3)C(=O)N(Cc3ccccc3Cl)C2=O)cc1C. The maximum atomic E-state index is 13.5. The average molecular weight is 445 g/mol. The fraction of sp³-hybridized carbons (Fsp3) is 0.185. The van der Waals surface area contributed by atoms with E-state index in [4.69, 9.17) is 11.6 Å². The van der Waals surface area contributed by atoms with Crippen LogP contribution in [0.25, 0.3) is 5.57 Å². The number of hydrogen-bond donors (Lipinski definition) is 1. The van der Waals surface area contributed by atoms with Crippen molar-refractivity contribution in [3.8, 4) is 0 Å². The Morgan fingerprint density at radius 3 is 2.09 bits per heavy atom. The molecule has 3 aromatic rings. The number of carbonyl (C=O) groups excluding carboxylic acids is 2. The van der Waals surface area contributed by atoms with Gasteiger partial charge in [-0.25, -0.2) is 0 Å². The number of benzene rings is 3. The molecule has 0 atom stereocenters. The molecule has 0 radical (unpaired) electrons. The van der Waals surface area contributed by atoms with E-state index in [0.717, 1.165) is 39.1 Å². The topological polar surface area (TPSA) is 49.4 Å². The number of nitrogens with zero attached hydrogens (tertiary/aromatic N) is 1. The first kappa shape index (κ1) is 21.8. The van der Waals surface area contributed by atoms with Crippen LogP contribution in [0.1, 0.15) is 33.4 Å². The van der Waals surface area contributed by atoms with Crippen molar-refractivity contribution in [3.63, 3.8) is 0 Å². The van der Waals surface area contributed by atoms with Crippen molar-refractivity contribution in [2.45, 2.75) is 34.2 Å². The van der Waals surface area contributed by atoms with Gasteiger partial charge in [-0.15, -0.1) is 0 Å². The van der Waals surface area contributed by atoms with Crippen LogP contribution in [-0.2, 0) is 16.1 Å². The Morgan fingerprint density at radius 1 is 0.781 bits per heavy atom. The van der Waals surface area contributed by atoms with Crippen LogP contribution in [0, 0.1) is 27.7 Å². The molecule has 0 aromatic heterocycles. The van der Waals surface area contributed by atoms with Gasteiger partial charge in [0.05, 0.1) is 12.1 Å². The zero-order chi connectivity index (χ0) is 23.0. The number of aryl methyl sites for hydroxylation is 4. The number of imide groups is 1. The molecule has 0 spiro atoms. The lowest BCUT2D eigenvalue weighted by atomic mass is 9.99. The summed E-state index contributed by atoms with van der Waals surface area (Å²) >= 11 is 6.31. The van der Waals surface area contributed by atoms with Crippen molar-refractivity contribution in [3.05, 3.63) is 105 Å². The summed E-state index contributed by atoms with van der Waals surface area (Å²) in [6.07, 6.45) is 0. The van der Waals surface area contributed by atoms with Gasteiger partial charge in [0.15, 0.2) is 0 Å². The smallest absolute Gasteiger partial charge is 0.278 e. The number of hydrogen-bond acceptors (Lipinski definition) is 3. The molecule has 5 heteroatoms. The first-order valence-electron chi connectivity index (χ1n) is 10.5. The molecule has 1 aliphatic heterocycles. The summed E-state index contributed by atoms with van der Waals surface area (Å²) in [6, 6.07) is 19.0. The summed E-state index contributed by atoms with van der Waals surface area (Å²) in [4.78, 5) is 28.2. The normalized spacial score (nSPS) is 13.8. The molecule has 0 unspecified atom stereocenters. The predicted octanol–water partition coefficient (Wildman–Crippen LogP) is 5.97. The van der Waals surface area contributed by atoms with Gasteiger partial charge < -0.3 is 5.32 Å². The number of nitrogens with one attached hydrogen (secondary N) is 1. The summed E-state index contributed by atoms with van der Waals surface area (Å²) in [5.74, 6) is -0.689. The number of rotatable bonds is 5. The molecule has 0 saturated carbocycles. The number of anilines is 1. The molecular formula is C27H25ClN2O2. The molecule has 32 heavy (non-hydrogen) atoms. The van der Waals surface area contributed by atoms with Gasteiger partial charge in [-0.1, -0.05) is 54.1 Å². The minimum Gasteiger partial charge on any atom is -0.350 e. The minimum atomic E-state index is -0.360. The van der Waals surface area contributed by atoms with Gasteiger partial charge in [0, 0.05) is 10.7 Å². The van der Waals surface area contributed by atoms with Crippen molar-refractivity contribution in [1.82, 2.24) is 4.90 Å². The van der Waals surface area contributed by atoms with Gasteiger partial charge in [0.25, 0.3) is 11.8 Å². The van der Waals surface area contributed by atoms with Crippen LogP contribution in [0.5, 0.6) is 0 Å². The van der Waals surface area contributed by atoms with Crippen LogP contribution in [0.4, 0.5) is 5.69 Å². The molecular weight excluding hydrogens is 420 g/mol. The minimum absolute atomic E-state index is 0.115.